The van der Waals surface area contributed by atoms with Gasteiger partial charge in [-0.3, -0.25) is 9.59 Å². The molecule has 2 aromatic carbocycles. The zero-order valence-electron chi connectivity index (χ0n) is 17.3. The van der Waals surface area contributed by atoms with Crippen molar-refractivity contribution < 1.29 is 14.3 Å². The third-order valence-corrected chi connectivity index (χ3v) is 4.33. The third kappa shape index (κ3) is 7.86. The van der Waals surface area contributed by atoms with E-state index in [1.165, 1.54) is 0 Å². The summed E-state index contributed by atoms with van der Waals surface area (Å²) in [5.74, 6) is 0.471. The molecular formula is C23H31N3O3. The fourth-order valence-corrected chi connectivity index (χ4v) is 2.63. The quantitative estimate of drug-likeness (QED) is 0.463. The Morgan fingerprint density at radius 3 is 2.38 bits per heavy atom. The Kier molecular flexibility index (Phi) is 9.55. The summed E-state index contributed by atoms with van der Waals surface area (Å²) in [6.07, 6.45) is 4.05. The second-order valence-electron chi connectivity index (χ2n) is 6.79. The number of carbonyl (C=O) groups is 2. The van der Waals surface area contributed by atoms with E-state index >= 15 is 0 Å². The van der Waals surface area contributed by atoms with E-state index in [0.29, 0.717) is 24.4 Å². The first kappa shape index (κ1) is 22.3. The highest BCUT2D eigenvalue weighted by atomic mass is 16.5. The summed E-state index contributed by atoms with van der Waals surface area (Å²) in [5.41, 5.74) is 2.02. The van der Waals surface area contributed by atoms with Crippen molar-refractivity contribution in [3.8, 4) is 5.75 Å². The predicted octanol–water partition coefficient (Wildman–Crippen LogP) is 4.45. The van der Waals surface area contributed by atoms with Crippen LogP contribution in [0.5, 0.6) is 5.75 Å². The van der Waals surface area contributed by atoms with Crippen molar-refractivity contribution in [2.75, 3.05) is 30.3 Å². The predicted molar refractivity (Wildman–Crippen MR) is 118 cm³/mol. The lowest BCUT2D eigenvalue weighted by Gasteiger charge is -2.13. The Labute approximate surface area is 173 Å². The van der Waals surface area contributed by atoms with Crippen molar-refractivity contribution in [2.45, 2.75) is 39.5 Å². The average Bonchev–Trinajstić information content (AvgIpc) is 2.74. The van der Waals surface area contributed by atoms with Crippen LogP contribution in [0.25, 0.3) is 0 Å². The molecule has 2 amide bonds. The van der Waals surface area contributed by atoms with Crippen LogP contribution < -0.4 is 20.7 Å². The monoisotopic (exact) mass is 397 g/mol. The number of anilines is 2. The van der Waals surface area contributed by atoms with E-state index in [4.69, 9.17) is 4.74 Å². The molecule has 0 radical (unpaired) electrons. The maximum Gasteiger partial charge on any atom is 0.251 e. The zero-order chi connectivity index (χ0) is 20.9. The molecule has 0 aliphatic rings. The van der Waals surface area contributed by atoms with Gasteiger partial charge in [-0.2, -0.15) is 0 Å². The molecule has 0 bridgehead atoms. The van der Waals surface area contributed by atoms with Crippen LogP contribution in [0.2, 0.25) is 0 Å². The normalized spacial score (nSPS) is 10.3. The number of carbonyl (C=O) groups excluding carboxylic acids is 2. The Balaban J connectivity index is 1.83. The standard InChI is InChI=1S/C23H31N3O3/c1-3-5-15-24-23(28)18-11-13-19(14-12-18)26-22(27)17-25-20-9-7-8-10-21(20)29-16-6-4-2/h7-14,25H,3-6,15-17H2,1-2H3,(H,24,28)(H,26,27). The molecule has 0 heterocycles. The van der Waals surface area contributed by atoms with Crippen LogP contribution >= 0.6 is 0 Å². The molecule has 0 atom stereocenters. The first-order chi connectivity index (χ1) is 14.1. The number of amides is 2. The number of rotatable bonds is 12. The largest absolute Gasteiger partial charge is 0.491 e. The number of hydrogen-bond donors (Lipinski definition) is 3. The summed E-state index contributed by atoms with van der Waals surface area (Å²) in [6.45, 7) is 5.64. The number of benzene rings is 2. The summed E-state index contributed by atoms with van der Waals surface area (Å²) < 4.78 is 5.77. The van der Waals surface area contributed by atoms with Gasteiger partial charge in [0.2, 0.25) is 5.91 Å². The van der Waals surface area contributed by atoms with Crippen LogP contribution in [-0.4, -0.2) is 31.5 Å². The van der Waals surface area contributed by atoms with Gasteiger partial charge in [-0.25, -0.2) is 0 Å². The molecule has 0 saturated heterocycles. The van der Waals surface area contributed by atoms with Gasteiger partial charge in [-0.05, 0) is 49.2 Å². The molecular weight excluding hydrogens is 366 g/mol. The Bertz CT molecular complexity index is 775. The number of hydrogen-bond acceptors (Lipinski definition) is 4. The van der Waals surface area contributed by atoms with E-state index in [1.54, 1.807) is 24.3 Å². The number of para-hydroxylation sites is 2. The van der Waals surface area contributed by atoms with Crippen molar-refractivity contribution in [2.24, 2.45) is 0 Å². The summed E-state index contributed by atoms with van der Waals surface area (Å²) >= 11 is 0. The molecule has 2 aromatic rings. The molecule has 0 saturated carbocycles. The van der Waals surface area contributed by atoms with E-state index in [0.717, 1.165) is 37.1 Å². The first-order valence-corrected chi connectivity index (χ1v) is 10.3. The average molecular weight is 398 g/mol. The van der Waals surface area contributed by atoms with Crippen LogP contribution in [0, 0.1) is 0 Å². The summed E-state index contributed by atoms with van der Waals surface area (Å²) in [6, 6.07) is 14.5. The minimum atomic E-state index is -0.173. The van der Waals surface area contributed by atoms with Crippen molar-refractivity contribution in [1.82, 2.24) is 5.32 Å². The van der Waals surface area contributed by atoms with Gasteiger partial charge in [0.25, 0.3) is 5.91 Å². The van der Waals surface area contributed by atoms with Crippen LogP contribution in [0.4, 0.5) is 11.4 Å². The molecule has 29 heavy (non-hydrogen) atoms. The smallest absolute Gasteiger partial charge is 0.251 e. The third-order valence-electron chi connectivity index (χ3n) is 4.33. The van der Waals surface area contributed by atoms with E-state index < -0.39 is 0 Å². The van der Waals surface area contributed by atoms with E-state index in [9.17, 15) is 9.59 Å². The maximum atomic E-state index is 12.3. The summed E-state index contributed by atoms with van der Waals surface area (Å²) in [5, 5.41) is 8.82. The first-order valence-electron chi connectivity index (χ1n) is 10.3. The van der Waals surface area contributed by atoms with Gasteiger partial charge in [0.1, 0.15) is 5.75 Å². The minimum absolute atomic E-state index is 0.0994. The van der Waals surface area contributed by atoms with Gasteiger partial charge in [-0.1, -0.05) is 38.8 Å². The fraction of sp³-hybridized carbons (Fsp3) is 0.391. The van der Waals surface area contributed by atoms with Crippen LogP contribution in [-0.2, 0) is 4.79 Å². The lowest BCUT2D eigenvalue weighted by atomic mass is 10.2. The van der Waals surface area contributed by atoms with Gasteiger partial charge in [0, 0.05) is 17.8 Å². The van der Waals surface area contributed by atoms with Crippen molar-refractivity contribution in [3.05, 3.63) is 54.1 Å². The molecule has 2 rings (SSSR count). The molecule has 0 unspecified atom stereocenters. The molecule has 6 nitrogen and oxygen atoms in total. The van der Waals surface area contributed by atoms with E-state index in [-0.39, 0.29) is 18.4 Å². The number of nitrogens with one attached hydrogen (secondary N) is 3. The fourth-order valence-electron chi connectivity index (χ4n) is 2.63. The summed E-state index contributed by atoms with van der Waals surface area (Å²) in [4.78, 5) is 24.3. The van der Waals surface area contributed by atoms with Crippen molar-refractivity contribution in [1.29, 1.82) is 0 Å². The second kappa shape index (κ2) is 12.4. The van der Waals surface area contributed by atoms with Gasteiger partial charge in [0.05, 0.1) is 18.8 Å². The minimum Gasteiger partial charge on any atom is -0.491 e. The van der Waals surface area contributed by atoms with Gasteiger partial charge >= 0.3 is 0 Å². The zero-order valence-corrected chi connectivity index (χ0v) is 17.3. The molecule has 0 aliphatic carbocycles. The van der Waals surface area contributed by atoms with Gasteiger partial charge in [-0.15, -0.1) is 0 Å². The Morgan fingerprint density at radius 2 is 1.66 bits per heavy atom. The van der Waals surface area contributed by atoms with Gasteiger partial charge < -0.3 is 20.7 Å². The topological polar surface area (TPSA) is 79.5 Å². The second-order valence-corrected chi connectivity index (χ2v) is 6.79. The highest BCUT2D eigenvalue weighted by Gasteiger charge is 2.08. The number of ether oxygens (including phenoxy) is 1. The van der Waals surface area contributed by atoms with Crippen molar-refractivity contribution >= 4 is 23.2 Å². The molecule has 0 spiro atoms. The molecule has 156 valence electrons. The highest BCUT2D eigenvalue weighted by Crippen LogP contribution is 2.23. The molecule has 0 aliphatic heterocycles. The van der Waals surface area contributed by atoms with E-state index in [1.807, 2.05) is 24.3 Å². The molecule has 3 N–H and O–H groups in total. The lowest BCUT2D eigenvalue weighted by Crippen LogP contribution is -2.24. The SMILES string of the molecule is CCCCNC(=O)c1ccc(NC(=O)CNc2ccccc2OCCCC)cc1. The van der Waals surface area contributed by atoms with Crippen LogP contribution in [0.3, 0.4) is 0 Å². The van der Waals surface area contributed by atoms with Crippen LogP contribution in [0.1, 0.15) is 49.9 Å². The lowest BCUT2D eigenvalue weighted by molar-refractivity contribution is -0.114. The number of unbranched alkanes of at least 4 members (excludes halogenated alkanes) is 2. The van der Waals surface area contributed by atoms with E-state index in [2.05, 4.69) is 29.8 Å². The molecule has 0 aromatic heterocycles. The highest BCUT2D eigenvalue weighted by molar-refractivity contribution is 5.96. The summed E-state index contributed by atoms with van der Waals surface area (Å²) in [7, 11) is 0. The van der Waals surface area contributed by atoms with Crippen LogP contribution in [0.15, 0.2) is 48.5 Å². The Morgan fingerprint density at radius 1 is 0.931 bits per heavy atom. The molecule has 0 fully saturated rings. The molecule has 6 heteroatoms. The van der Waals surface area contributed by atoms with Crippen molar-refractivity contribution in [3.63, 3.8) is 0 Å². The van der Waals surface area contributed by atoms with Gasteiger partial charge in [0.15, 0.2) is 0 Å². The maximum absolute atomic E-state index is 12.3. The Hall–Kier alpha value is -3.02.